The van der Waals surface area contributed by atoms with E-state index >= 15 is 0 Å². The minimum absolute atomic E-state index is 0.0941. The topological polar surface area (TPSA) is 66.8 Å². The van der Waals surface area contributed by atoms with Crippen LogP contribution in [0.15, 0.2) is 59.5 Å². The number of aryl methyl sites for hydroxylation is 2. The minimum atomic E-state index is -0.707. The number of anilines is 1. The molecule has 176 valence electrons. The van der Waals surface area contributed by atoms with Crippen LogP contribution in [0.5, 0.6) is 5.75 Å². The molecule has 1 unspecified atom stereocenters. The van der Waals surface area contributed by atoms with E-state index in [0.717, 1.165) is 21.6 Å². The summed E-state index contributed by atoms with van der Waals surface area (Å²) in [4.78, 5) is 29.0. The molecule has 34 heavy (non-hydrogen) atoms. The number of Topliss-reactive ketones (excluding diaryl/α,β-unsaturated/α-hetero) is 1. The maximum absolute atomic E-state index is 13.4. The monoisotopic (exact) mass is 475 g/mol. The average molecular weight is 476 g/mol. The lowest BCUT2D eigenvalue weighted by atomic mass is 9.84. The number of thiophene rings is 1. The summed E-state index contributed by atoms with van der Waals surface area (Å²) in [6.07, 6.45) is 0. The van der Waals surface area contributed by atoms with E-state index in [9.17, 15) is 14.7 Å². The van der Waals surface area contributed by atoms with Gasteiger partial charge in [-0.05, 0) is 72.2 Å². The molecule has 2 aromatic carbocycles. The summed E-state index contributed by atoms with van der Waals surface area (Å²) < 4.78 is 5.52. The summed E-state index contributed by atoms with van der Waals surface area (Å²) in [5.74, 6) is -0.816. The van der Waals surface area contributed by atoms with Gasteiger partial charge >= 0.3 is 0 Å². The van der Waals surface area contributed by atoms with Crippen molar-refractivity contribution in [2.45, 2.75) is 46.1 Å². The number of rotatable bonds is 4. The molecule has 0 bridgehead atoms. The Balaban J connectivity index is 1.94. The molecule has 1 amide bonds. The first-order valence-corrected chi connectivity index (χ1v) is 12.0. The summed E-state index contributed by atoms with van der Waals surface area (Å²) in [6.45, 7) is 10.1. The lowest BCUT2D eigenvalue weighted by Gasteiger charge is -2.25. The van der Waals surface area contributed by atoms with Crippen LogP contribution in [0.1, 0.15) is 53.9 Å². The summed E-state index contributed by atoms with van der Waals surface area (Å²) >= 11 is 1.45. The van der Waals surface area contributed by atoms with Crippen LogP contribution in [0.25, 0.3) is 5.76 Å². The van der Waals surface area contributed by atoms with Crippen LogP contribution in [0.2, 0.25) is 0 Å². The van der Waals surface area contributed by atoms with Gasteiger partial charge in [0.15, 0.2) is 0 Å². The largest absolute Gasteiger partial charge is 0.507 e. The summed E-state index contributed by atoms with van der Waals surface area (Å²) in [6, 6.07) is 14.2. The highest BCUT2D eigenvalue weighted by atomic mass is 32.1. The van der Waals surface area contributed by atoms with Crippen molar-refractivity contribution in [2.24, 2.45) is 0 Å². The molecule has 0 radical (unpaired) electrons. The number of carbonyl (C=O) groups excluding carboxylic acids is 2. The molecule has 3 aromatic rings. The smallest absolute Gasteiger partial charge is 0.300 e. The van der Waals surface area contributed by atoms with Crippen LogP contribution < -0.4 is 9.64 Å². The SMILES string of the molecule is COc1ccc(/C(O)=C2/C(=O)C(=O)N(c3cc(C)cc(C)c3)C2c2cccs2)cc1C(C)(C)C. The number of benzene rings is 2. The van der Waals surface area contributed by atoms with Gasteiger partial charge in [-0.15, -0.1) is 11.3 Å². The van der Waals surface area contributed by atoms with Gasteiger partial charge in [0.05, 0.1) is 12.7 Å². The Bertz CT molecular complexity index is 1280. The van der Waals surface area contributed by atoms with Crippen molar-refractivity contribution in [1.82, 2.24) is 0 Å². The maximum atomic E-state index is 13.4. The summed E-state index contributed by atoms with van der Waals surface area (Å²) in [5, 5.41) is 13.4. The van der Waals surface area contributed by atoms with Gasteiger partial charge in [0.1, 0.15) is 17.6 Å². The molecule has 6 heteroatoms. The second-order valence-corrected chi connectivity index (χ2v) is 10.7. The van der Waals surface area contributed by atoms with Crippen LogP contribution in [0.4, 0.5) is 5.69 Å². The van der Waals surface area contributed by atoms with E-state index in [-0.39, 0.29) is 16.7 Å². The van der Waals surface area contributed by atoms with Crippen LogP contribution in [0, 0.1) is 13.8 Å². The number of aliphatic hydroxyl groups excluding tert-OH is 1. The predicted molar refractivity (Wildman–Crippen MR) is 137 cm³/mol. The fourth-order valence-corrected chi connectivity index (χ4v) is 5.33. The second kappa shape index (κ2) is 8.76. The molecule has 1 atom stereocenters. The van der Waals surface area contributed by atoms with Gasteiger partial charge in [-0.2, -0.15) is 0 Å². The quantitative estimate of drug-likeness (QED) is 0.273. The molecule has 1 saturated heterocycles. The molecule has 1 fully saturated rings. The molecule has 1 aliphatic heterocycles. The zero-order valence-electron chi connectivity index (χ0n) is 20.3. The highest BCUT2D eigenvalue weighted by Crippen LogP contribution is 2.44. The number of ketones is 1. The predicted octanol–water partition coefficient (Wildman–Crippen LogP) is 6.30. The number of carbonyl (C=O) groups is 2. The average Bonchev–Trinajstić information content (AvgIpc) is 3.38. The molecule has 1 aromatic heterocycles. The third-order valence-electron chi connectivity index (χ3n) is 6.02. The van der Waals surface area contributed by atoms with E-state index in [2.05, 4.69) is 20.8 Å². The molecule has 4 rings (SSSR count). The fourth-order valence-electron chi connectivity index (χ4n) is 4.50. The van der Waals surface area contributed by atoms with Gasteiger partial charge in [-0.1, -0.05) is 32.9 Å². The third kappa shape index (κ3) is 4.14. The van der Waals surface area contributed by atoms with Gasteiger partial charge in [0.2, 0.25) is 0 Å². The number of aliphatic hydroxyl groups is 1. The van der Waals surface area contributed by atoms with Crippen LogP contribution in [-0.2, 0) is 15.0 Å². The van der Waals surface area contributed by atoms with Crippen LogP contribution in [-0.4, -0.2) is 23.9 Å². The van der Waals surface area contributed by atoms with E-state index < -0.39 is 17.7 Å². The number of methoxy groups -OCH3 is 1. The van der Waals surface area contributed by atoms with E-state index in [1.807, 2.05) is 55.6 Å². The van der Waals surface area contributed by atoms with Crippen LogP contribution >= 0.6 is 11.3 Å². The van der Waals surface area contributed by atoms with Gasteiger partial charge in [0, 0.05) is 21.7 Å². The number of hydrogen-bond acceptors (Lipinski definition) is 5. The number of nitrogens with zero attached hydrogens (tertiary/aromatic N) is 1. The van der Waals surface area contributed by atoms with Crippen molar-refractivity contribution in [2.75, 3.05) is 12.0 Å². The van der Waals surface area contributed by atoms with Crippen LogP contribution in [0.3, 0.4) is 0 Å². The Morgan fingerprint density at radius 2 is 1.71 bits per heavy atom. The molecule has 1 aliphatic rings. The first kappa shape index (κ1) is 23.8. The fraction of sp³-hybridized carbons (Fsp3) is 0.286. The van der Waals surface area contributed by atoms with E-state index in [1.54, 1.807) is 19.2 Å². The Morgan fingerprint density at radius 3 is 2.26 bits per heavy atom. The maximum Gasteiger partial charge on any atom is 0.300 e. The van der Waals surface area contributed by atoms with Crippen molar-refractivity contribution >= 4 is 34.5 Å². The molecule has 0 spiro atoms. The van der Waals surface area contributed by atoms with Gasteiger partial charge < -0.3 is 9.84 Å². The first-order valence-electron chi connectivity index (χ1n) is 11.1. The first-order chi connectivity index (χ1) is 16.0. The van der Waals surface area contributed by atoms with Crippen molar-refractivity contribution in [3.05, 3.63) is 86.6 Å². The Labute approximate surface area is 204 Å². The van der Waals surface area contributed by atoms with Gasteiger partial charge in [-0.3, -0.25) is 14.5 Å². The van der Waals surface area contributed by atoms with Crippen molar-refractivity contribution < 1.29 is 19.4 Å². The molecular formula is C28H29NO4S. The van der Waals surface area contributed by atoms with Crippen molar-refractivity contribution in [1.29, 1.82) is 0 Å². The Morgan fingerprint density at radius 1 is 1.03 bits per heavy atom. The van der Waals surface area contributed by atoms with Crippen molar-refractivity contribution in [3.63, 3.8) is 0 Å². The third-order valence-corrected chi connectivity index (χ3v) is 6.95. The summed E-state index contributed by atoms with van der Waals surface area (Å²) in [7, 11) is 1.61. The summed E-state index contributed by atoms with van der Waals surface area (Å²) in [5.41, 5.74) is 3.85. The van der Waals surface area contributed by atoms with Crippen molar-refractivity contribution in [3.8, 4) is 5.75 Å². The zero-order valence-corrected chi connectivity index (χ0v) is 21.1. The lowest BCUT2D eigenvalue weighted by molar-refractivity contribution is -0.132. The Hall–Kier alpha value is -3.38. The zero-order chi connectivity index (χ0) is 24.8. The number of hydrogen-bond donors (Lipinski definition) is 1. The second-order valence-electron chi connectivity index (χ2n) is 9.70. The minimum Gasteiger partial charge on any atom is -0.507 e. The van der Waals surface area contributed by atoms with E-state index in [0.29, 0.717) is 17.0 Å². The van der Waals surface area contributed by atoms with Gasteiger partial charge in [0.25, 0.3) is 11.7 Å². The highest BCUT2D eigenvalue weighted by molar-refractivity contribution is 7.10. The standard InChI is InChI=1S/C28H29NO4S/c1-16-12-17(2)14-19(13-16)29-24(22-8-7-11-34-22)23(26(31)27(29)32)25(30)18-9-10-21(33-6)20(15-18)28(3,4)5/h7-15,24,30H,1-6H3/b25-23-. The van der Waals surface area contributed by atoms with Gasteiger partial charge in [-0.25, -0.2) is 0 Å². The highest BCUT2D eigenvalue weighted by Gasteiger charge is 2.47. The Kier molecular flexibility index (Phi) is 6.13. The van der Waals surface area contributed by atoms with E-state index in [4.69, 9.17) is 4.74 Å². The molecule has 0 aliphatic carbocycles. The number of ether oxygens (including phenoxy) is 1. The number of amides is 1. The molecule has 1 N–H and O–H groups in total. The van der Waals surface area contributed by atoms with E-state index in [1.165, 1.54) is 16.2 Å². The molecular weight excluding hydrogens is 446 g/mol. The normalized spacial score (nSPS) is 17.9. The molecule has 2 heterocycles. The molecule has 5 nitrogen and oxygen atoms in total. The lowest BCUT2D eigenvalue weighted by Crippen LogP contribution is -2.29. The molecule has 0 saturated carbocycles.